The Morgan fingerprint density at radius 3 is 2.35 bits per heavy atom. The number of carbonyl (C=O) groups excluding carboxylic acids is 1. The Morgan fingerprint density at radius 1 is 1.41 bits per heavy atom. The summed E-state index contributed by atoms with van der Waals surface area (Å²) in [4.78, 5) is 26.4. The van der Waals surface area contributed by atoms with E-state index in [1.54, 1.807) is 27.7 Å². The molecule has 0 aliphatic carbocycles. The van der Waals surface area contributed by atoms with E-state index >= 15 is 0 Å². The standard InChI is InChI=1S/C10H15N3O4/c1-5-11-7(13-17-5)8(14)12-6(9(15)16)10(2,3)4/h6H,1-4H3,(H,12,14)(H,15,16)/t6-/m0/s1. The molecular weight excluding hydrogens is 226 g/mol. The zero-order chi connectivity index (χ0) is 13.2. The Morgan fingerprint density at radius 2 is 2.00 bits per heavy atom. The number of amides is 1. The first-order valence-electron chi connectivity index (χ1n) is 5.06. The third-order valence-corrected chi connectivity index (χ3v) is 2.12. The van der Waals surface area contributed by atoms with E-state index in [4.69, 9.17) is 5.11 Å². The molecule has 1 aromatic rings. The first-order valence-corrected chi connectivity index (χ1v) is 5.06. The molecular formula is C10H15N3O4. The highest BCUT2D eigenvalue weighted by molar-refractivity contribution is 5.93. The molecule has 0 aromatic carbocycles. The molecule has 1 heterocycles. The highest BCUT2D eigenvalue weighted by atomic mass is 16.5. The third kappa shape index (κ3) is 3.27. The largest absolute Gasteiger partial charge is 0.480 e. The SMILES string of the molecule is Cc1nc(C(=O)N[C@@H](C(=O)O)C(C)(C)C)no1. The van der Waals surface area contributed by atoms with E-state index in [9.17, 15) is 9.59 Å². The van der Waals surface area contributed by atoms with Crippen LogP contribution in [0.5, 0.6) is 0 Å². The van der Waals surface area contributed by atoms with Gasteiger partial charge in [0.1, 0.15) is 6.04 Å². The number of hydrogen-bond donors (Lipinski definition) is 2. The summed E-state index contributed by atoms with van der Waals surface area (Å²) in [5.74, 6) is -1.69. The molecule has 0 fully saturated rings. The number of rotatable bonds is 3. The van der Waals surface area contributed by atoms with E-state index in [1.165, 1.54) is 0 Å². The highest BCUT2D eigenvalue weighted by Crippen LogP contribution is 2.19. The molecule has 7 heteroatoms. The third-order valence-electron chi connectivity index (χ3n) is 2.12. The van der Waals surface area contributed by atoms with Gasteiger partial charge in [-0.05, 0) is 5.41 Å². The van der Waals surface area contributed by atoms with Gasteiger partial charge in [0.05, 0.1) is 0 Å². The molecule has 2 N–H and O–H groups in total. The lowest BCUT2D eigenvalue weighted by molar-refractivity contribution is -0.142. The number of carboxylic acid groups (broad SMARTS) is 1. The second kappa shape index (κ2) is 4.52. The van der Waals surface area contributed by atoms with Crippen molar-refractivity contribution in [1.82, 2.24) is 15.5 Å². The minimum absolute atomic E-state index is 0.169. The van der Waals surface area contributed by atoms with Gasteiger partial charge < -0.3 is 14.9 Å². The molecule has 1 aromatic heterocycles. The normalized spacial score (nSPS) is 13.2. The van der Waals surface area contributed by atoms with E-state index in [0.29, 0.717) is 0 Å². The van der Waals surface area contributed by atoms with E-state index in [2.05, 4.69) is 20.0 Å². The Hall–Kier alpha value is -1.92. The van der Waals surface area contributed by atoms with Crippen molar-refractivity contribution < 1.29 is 19.2 Å². The molecule has 7 nitrogen and oxygen atoms in total. The van der Waals surface area contributed by atoms with Gasteiger partial charge in [-0.15, -0.1) is 0 Å². The molecule has 1 rings (SSSR count). The molecule has 0 radical (unpaired) electrons. The minimum atomic E-state index is -1.11. The van der Waals surface area contributed by atoms with Crippen molar-refractivity contribution in [3.8, 4) is 0 Å². The van der Waals surface area contributed by atoms with Crippen LogP contribution in [0.25, 0.3) is 0 Å². The number of nitrogens with zero attached hydrogens (tertiary/aromatic N) is 2. The lowest BCUT2D eigenvalue weighted by Crippen LogP contribution is -2.49. The summed E-state index contributed by atoms with van der Waals surface area (Å²) < 4.78 is 4.64. The van der Waals surface area contributed by atoms with Crippen LogP contribution in [0.3, 0.4) is 0 Å². The highest BCUT2D eigenvalue weighted by Gasteiger charge is 2.33. The van der Waals surface area contributed by atoms with Gasteiger partial charge in [-0.25, -0.2) is 4.79 Å². The average Bonchev–Trinajstić information content (AvgIpc) is 2.58. The lowest BCUT2D eigenvalue weighted by atomic mass is 9.87. The van der Waals surface area contributed by atoms with Gasteiger partial charge in [0.2, 0.25) is 5.89 Å². The van der Waals surface area contributed by atoms with Crippen LogP contribution in [0.4, 0.5) is 0 Å². The van der Waals surface area contributed by atoms with Gasteiger partial charge in [0, 0.05) is 6.92 Å². The molecule has 17 heavy (non-hydrogen) atoms. The summed E-state index contributed by atoms with van der Waals surface area (Å²) in [6, 6.07) is -1.02. The van der Waals surface area contributed by atoms with Crippen molar-refractivity contribution in [3.05, 3.63) is 11.7 Å². The van der Waals surface area contributed by atoms with Gasteiger partial charge in [-0.2, -0.15) is 4.98 Å². The van der Waals surface area contributed by atoms with Crippen LogP contribution in [0.1, 0.15) is 37.3 Å². The fourth-order valence-electron chi connectivity index (χ4n) is 1.24. The Kier molecular flexibility index (Phi) is 3.50. The number of carbonyl (C=O) groups is 2. The van der Waals surface area contributed by atoms with Crippen molar-refractivity contribution in [2.75, 3.05) is 0 Å². The number of aromatic nitrogens is 2. The van der Waals surface area contributed by atoms with Crippen LogP contribution in [-0.4, -0.2) is 33.2 Å². The molecule has 94 valence electrons. The first-order chi connectivity index (χ1) is 7.71. The Labute approximate surface area is 98.2 Å². The molecule has 0 spiro atoms. The monoisotopic (exact) mass is 241 g/mol. The number of nitrogens with one attached hydrogen (secondary N) is 1. The number of hydrogen-bond acceptors (Lipinski definition) is 5. The summed E-state index contributed by atoms with van der Waals surface area (Å²) in [5, 5.41) is 14.8. The molecule has 1 atom stereocenters. The van der Waals surface area contributed by atoms with Gasteiger partial charge >= 0.3 is 5.97 Å². The molecule has 0 saturated carbocycles. The molecule has 1 amide bonds. The van der Waals surface area contributed by atoms with Gasteiger partial charge in [-0.1, -0.05) is 25.9 Å². The predicted molar refractivity (Wildman–Crippen MR) is 57.4 cm³/mol. The number of aliphatic carboxylic acids is 1. The Balaban J connectivity index is 2.82. The van der Waals surface area contributed by atoms with Gasteiger partial charge in [0.25, 0.3) is 11.7 Å². The first kappa shape index (κ1) is 13.1. The summed E-state index contributed by atoms with van der Waals surface area (Å²) in [7, 11) is 0. The maximum absolute atomic E-state index is 11.7. The molecule has 0 aliphatic rings. The minimum Gasteiger partial charge on any atom is -0.480 e. The van der Waals surface area contributed by atoms with Crippen molar-refractivity contribution in [3.63, 3.8) is 0 Å². The van der Waals surface area contributed by atoms with Crippen molar-refractivity contribution >= 4 is 11.9 Å². The van der Waals surface area contributed by atoms with E-state index in [0.717, 1.165) is 0 Å². The van der Waals surface area contributed by atoms with Crippen LogP contribution < -0.4 is 5.32 Å². The summed E-state index contributed by atoms with van der Waals surface area (Å²) in [6.45, 7) is 6.69. The average molecular weight is 241 g/mol. The van der Waals surface area contributed by atoms with Crippen molar-refractivity contribution in [2.24, 2.45) is 5.41 Å². The zero-order valence-corrected chi connectivity index (χ0v) is 10.1. The van der Waals surface area contributed by atoms with Crippen LogP contribution in [-0.2, 0) is 4.79 Å². The smallest absolute Gasteiger partial charge is 0.326 e. The maximum Gasteiger partial charge on any atom is 0.326 e. The zero-order valence-electron chi connectivity index (χ0n) is 10.1. The predicted octanol–water partition coefficient (Wildman–Crippen LogP) is 0.607. The fraction of sp³-hybridized carbons (Fsp3) is 0.600. The van der Waals surface area contributed by atoms with E-state index in [-0.39, 0.29) is 11.7 Å². The molecule has 0 bridgehead atoms. The lowest BCUT2D eigenvalue weighted by Gasteiger charge is -2.27. The van der Waals surface area contributed by atoms with Gasteiger partial charge in [-0.3, -0.25) is 4.79 Å². The number of carboxylic acids is 1. The quantitative estimate of drug-likeness (QED) is 0.803. The Bertz CT molecular complexity index is 433. The van der Waals surface area contributed by atoms with Crippen molar-refractivity contribution in [2.45, 2.75) is 33.7 Å². The summed E-state index contributed by atoms with van der Waals surface area (Å²) in [5.41, 5.74) is -0.611. The summed E-state index contributed by atoms with van der Waals surface area (Å²) in [6.07, 6.45) is 0. The van der Waals surface area contributed by atoms with E-state index < -0.39 is 23.3 Å². The fourth-order valence-corrected chi connectivity index (χ4v) is 1.24. The summed E-state index contributed by atoms with van der Waals surface area (Å²) >= 11 is 0. The van der Waals surface area contributed by atoms with Crippen LogP contribution in [0.15, 0.2) is 4.52 Å². The second-order valence-electron chi connectivity index (χ2n) is 4.75. The topological polar surface area (TPSA) is 105 Å². The van der Waals surface area contributed by atoms with Crippen LogP contribution in [0, 0.1) is 12.3 Å². The van der Waals surface area contributed by atoms with Crippen LogP contribution in [0.2, 0.25) is 0 Å². The molecule has 0 unspecified atom stereocenters. The second-order valence-corrected chi connectivity index (χ2v) is 4.75. The number of aryl methyl sites for hydroxylation is 1. The van der Waals surface area contributed by atoms with E-state index in [1.807, 2.05) is 0 Å². The van der Waals surface area contributed by atoms with Crippen LogP contribution >= 0.6 is 0 Å². The van der Waals surface area contributed by atoms with Gasteiger partial charge in [0.15, 0.2) is 0 Å². The molecule has 0 saturated heterocycles. The maximum atomic E-state index is 11.7. The molecule has 0 aliphatic heterocycles. The van der Waals surface area contributed by atoms with Crippen molar-refractivity contribution in [1.29, 1.82) is 0 Å².